The first-order valence-corrected chi connectivity index (χ1v) is 14.9. The van der Waals surface area contributed by atoms with E-state index < -0.39 is 0 Å². The van der Waals surface area contributed by atoms with Crippen LogP contribution in [-0.2, 0) is 16.0 Å². The number of likely N-dealkylation sites (N-methyl/N-ethyl adjacent to an activating group) is 1. The number of anilines is 1. The molecule has 3 rings (SSSR count). The van der Waals surface area contributed by atoms with Crippen molar-refractivity contribution in [2.75, 3.05) is 53.4 Å². The number of rotatable bonds is 17. The molecule has 8 heteroatoms. The molecular formula is C35H47IN2O5. The molecule has 0 saturated heterocycles. The Labute approximate surface area is 274 Å². The first-order valence-electron chi connectivity index (χ1n) is 14.9. The van der Waals surface area contributed by atoms with E-state index in [1.54, 1.807) is 24.3 Å². The Bertz CT molecular complexity index is 1230. The van der Waals surface area contributed by atoms with Gasteiger partial charge in [0.2, 0.25) is 0 Å². The summed E-state index contributed by atoms with van der Waals surface area (Å²) in [6.45, 7) is 1.12. The molecule has 0 aliphatic heterocycles. The van der Waals surface area contributed by atoms with E-state index in [9.17, 15) is 9.59 Å². The lowest BCUT2D eigenvalue weighted by Crippen LogP contribution is -3.00. The van der Waals surface area contributed by atoms with Gasteiger partial charge in [0.25, 0.3) is 0 Å². The van der Waals surface area contributed by atoms with Crippen molar-refractivity contribution in [3.05, 3.63) is 90.0 Å². The maximum Gasteiger partial charge on any atom is 0.365 e. The number of benzene rings is 3. The average molecular weight is 703 g/mol. The molecule has 0 amide bonds. The van der Waals surface area contributed by atoms with Crippen LogP contribution in [0.25, 0.3) is 0 Å². The van der Waals surface area contributed by atoms with E-state index in [-0.39, 0.29) is 42.0 Å². The number of ether oxygens (including phenoxy) is 3. The van der Waals surface area contributed by atoms with Crippen LogP contribution in [0, 0.1) is 0 Å². The molecule has 7 nitrogen and oxygen atoms in total. The maximum atomic E-state index is 12.8. The fourth-order valence-corrected chi connectivity index (χ4v) is 4.55. The predicted octanol–water partition coefficient (Wildman–Crippen LogP) is 3.56. The minimum atomic E-state index is -0.386. The molecule has 0 bridgehead atoms. The van der Waals surface area contributed by atoms with E-state index in [0.717, 1.165) is 55.5 Å². The normalized spacial score (nSPS) is 11.7. The highest BCUT2D eigenvalue weighted by Crippen LogP contribution is 2.20. The second-order valence-electron chi connectivity index (χ2n) is 11.8. The molecule has 43 heavy (non-hydrogen) atoms. The minimum Gasteiger partial charge on any atom is -1.00 e. The third-order valence-corrected chi connectivity index (χ3v) is 7.18. The molecule has 234 valence electrons. The molecule has 0 fully saturated rings. The zero-order valence-corrected chi connectivity index (χ0v) is 28.4. The van der Waals surface area contributed by atoms with Crippen LogP contribution < -0.4 is 38.4 Å². The Hall–Kier alpha value is -3.11. The predicted molar refractivity (Wildman–Crippen MR) is 168 cm³/mol. The standard InChI is InChI=1S/C35H47N2O5.HI/c1-36(2)30-19-17-29(18-20-30)34(38)42-32-23-21-31(22-24-32)40-25-13-8-6-7-9-14-26-41-35(39)33(37(3,4)5)27-28-15-11-10-12-16-28;/h10-12,15-24,33H,6-9,13-14,25-27H2,1-5H3;1H/q+1;/p-1. The zero-order valence-electron chi connectivity index (χ0n) is 26.3. The average Bonchev–Trinajstić information content (AvgIpc) is 2.97. The van der Waals surface area contributed by atoms with E-state index in [1.165, 1.54) is 0 Å². The van der Waals surface area contributed by atoms with Gasteiger partial charge in [-0.2, -0.15) is 0 Å². The highest BCUT2D eigenvalue weighted by Gasteiger charge is 2.33. The van der Waals surface area contributed by atoms with Crippen molar-refractivity contribution in [1.82, 2.24) is 0 Å². The summed E-state index contributed by atoms with van der Waals surface area (Å²) in [6.07, 6.45) is 6.89. The maximum absolute atomic E-state index is 12.8. The number of quaternary nitrogens is 1. The van der Waals surface area contributed by atoms with Crippen molar-refractivity contribution in [3.63, 3.8) is 0 Å². The molecule has 0 heterocycles. The van der Waals surface area contributed by atoms with E-state index in [4.69, 9.17) is 14.2 Å². The summed E-state index contributed by atoms with van der Waals surface area (Å²) in [5.41, 5.74) is 2.68. The van der Waals surface area contributed by atoms with Gasteiger partial charge in [0, 0.05) is 26.2 Å². The van der Waals surface area contributed by atoms with Gasteiger partial charge >= 0.3 is 11.9 Å². The summed E-state index contributed by atoms with van der Waals surface area (Å²) in [6, 6.07) is 24.3. The molecule has 0 aromatic heterocycles. The molecule has 0 aliphatic carbocycles. The van der Waals surface area contributed by atoms with Gasteiger partial charge in [-0.15, -0.1) is 0 Å². The lowest BCUT2D eigenvalue weighted by atomic mass is 10.0. The molecule has 0 radical (unpaired) electrons. The van der Waals surface area contributed by atoms with Gasteiger partial charge in [-0.1, -0.05) is 56.0 Å². The van der Waals surface area contributed by atoms with Crippen molar-refractivity contribution in [3.8, 4) is 11.5 Å². The van der Waals surface area contributed by atoms with E-state index in [2.05, 4.69) is 12.1 Å². The molecule has 0 aliphatic rings. The largest absolute Gasteiger partial charge is 1.00 e. The Kier molecular flexibility index (Phi) is 15.6. The third-order valence-electron chi connectivity index (χ3n) is 7.18. The Balaban J connectivity index is 0.00000645. The zero-order chi connectivity index (χ0) is 30.4. The number of esters is 2. The molecule has 0 N–H and O–H groups in total. The van der Waals surface area contributed by atoms with Crippen LogP contribution in [0.2, 0.25) is 0 Å². The second-order valence-corrected chi connectivity index (χ2v) is 11.8. The fourth-order valence-electron chi connectivity index (χ4n) is 4.55. The van der Waals surface area contributed by atoms with E-state index >= 15 is 0 Å². The van der Waals surface area contributed by atoms with Gasteiger partial charge in [-0.3, -0.25) is 0 Å². The Morgan fingerprint density at radius 3 is 1.86 bits per heavy atom. The summed E-state index contributed by atoms with van der Waals surface area (Å²) in [4.78, 5) is 27.2. The number of halogens is 1. The fraction of sp³-hybridized carbons (Fsp3) is 0.429. The number of hydrogen-bond donors (Lipinski definition) is 0. The molecule has 1 unspecified atom stereocenters. The van der Waals surface area contributed by atoms with Crippen LogP contribution in [0.5, 0.6) is 11.5 Å². The Morgan fingerprint density at radius 1 is 0.721 bits per heavy atom. The number of nitrogens with zero attached hydrogens (tertiary/aromatic N) is 2. The summed E-state index contributed by atoms with van der Waals surface area (Å²) < 4.78 is 17.5. The summed E-state index contributed by atoms with van der Waals surface area (Å²) >= 11 is 0. The van der Waals surface area contributed by atoms with Gasteiger partial charge in [-0.25, -0.2) is 9.59 Å². The molecule has 1 atom stereocenters. The van der Waals surface area contributed by atoms with Crippen molar-refractivity contribution in [2.45, 2.75) is 51.0 Å². The molecule has 3 aromatic rings. The topological polar surface area (TPSA) is 65.1 Å². The lowest BCUT2D eigenvalue weighted by molar-refractivity contribution is -0.887. The summed E-state index contributed by atoms with van der Waals surface area (Å²) in [5, 5.41) is 0. The minimum absolute atomic E-state index is 0. The van der Waals surface area contributed by atoms with Crippen LogP contribution >= 0.6 is 0 Å². The highest BCUT2D eigenvalue weighted by atomic mass is 127. The third kappa shape index (κ3) is 13.0. The van der Waals surface area contributed by atoms with Crippen molar-refractivity contribution in [1.29, 1.82) is 0 Å². The highest BCUT2D eigenvalue weighted by molar-refractivity contribution is 5.91. The first-order chi connectivity index (χ1) is 20.1. The van der Waals surface area contributed by atoms with Gasteiger partial charge in [0.1, 0.15) is 11.5 Å². The first kappa shape index (κ1) is 36.1. The quantitative estimate of drug-likeness (QED) is 0.0706. The summed E-state index contributed by atoms with van der Waals surface area (Å²) in [5.74, 6) is 0.735. The van der Waals surface area contributed by atoms with Gasteiger partial charge in [-0.05, 0) is 66.9 Å². The van der Waals surface area contributed by atoms with Crippen LogP contribution in [0.4, 0.5) is 5.69 Å². The van der Waals surface area contributed by atoms with Crippen molar-refractivity contribution >= 4 is 17.6 Å². The van der Waals surface area contributed by atoms with Crippen LogP contribution in [0.3, 0.4) is 0 Å². The van der Waals surface area contributed by atoms with Crippen LogP contribution in [-0.4, -0.2) is 70.9 Å². The van der Waals surface area contributed by atoms with Gasteiger partial charge < -0.3 is 47.6 Å². The number of unbranched alkanes of at least 4 members (excludes halogenated alkanes) is 5. The lowest BCUT2D eigenvalue weighted by Gasteiger charge is -2.32. The van der Waals surface area contributed by atoms with Gasteiger partial charge in [0.05, 0.1) is 39.9 Å². The van der Waals surface area contributed by atoms with Gasteiger partial charge in [0.15, 0.2) is 6.04 Å². The number of carbonyl (C=O) groups is 2. The molecule has 3 aromatic carbocycles. The van der Waals surface area contributed by atoms with Crippen molar-refractivity contribution in [2.24, 2.45) is 0 Å². The molecular weight excluding hydrogens is 655 g/mol. The summed E-state index contributed by atoms with van der Waals surface area (Å²) in [7, 11) is 10.0. The van der Waals surface area contributed by atoms with Crippen LogP contribution in [0.15, 0.2) is 78.9 Å². The van der Waals surface area contributed by atoms with Crippen LogP contribution in [0.1, 0.15) is 54.4 Å². The smallest absolute Gasteiger partial charge is 0.365 e. The van der Waals surface area contributed by atoms with E-state index in [0.29, 0.717) is 35.4 Å². The molecule has 0 saturated carbocycles. The molecule has 0 spiro atoms. The van der Waals surface area contributed by atoms with Crippen molar-refractivity contribution < 1.29 is 52.3 Å². The second kappa shape index (κ2) is 18.5. The Morgan fingerprint density at radius 2 is 1.28 bits per heavy atom. The monoisotopic (exact) mass is 702 g/mol. The number of carbonyl (C=O) groups excluding carboxylic acids is 2. The van der Waals surface area contributed by atoms with E-state index in [1.807, 2.05) is 82.6 Å². The number of hydrogen-bond acceptors (Lipinski definition) is 6. The SMILES string of the molecule is CN(C)c1ccc(C(=O)Oc2ccc(OCCCCCCCCOC(=O)C(Cc3ccccc3)[N+](C)(C)C)cc2)cc1.[I-].